The Labute approximate surface area is 154 Å². The van der Waals surface area contributed by atoms with E-state index in [1.54, 1.807) is 26.4 Å². The van der Waals surface area contributed by atoms with E-state index in [4.69, 9.17) is 9.47 Å². The van der Waals surface area contributed by atoms with Gasteiger partial charge in [0.25, 0.3) is 5.91 Å². The van der Waals surface area contributed by atoms with E-state index in [0.29, 0.717) is 31.2 Å². The minimum Gasteiger partial charge on any atom is -0.379 e. The lowest BCUT2D eigenvalue weighted by Crippen LogP contribution is -2.44. The molecule has 0 aliphatic carbocycles. The van der Waals surface area contributed by atoms with Gasteiger partial charge in [0, 0.05) is 26.9 Å². The zero-order valence-electron chi connectivity index (χ0n) is 15.2. The molecule has 0 bridgehead atoms. The summed E-state index contributed by atoms with van der Waals surface area (Å²) in [6.07, 6.45) is 2.48. The molecule has 1 amide bonds. The third kappa shape index (κ3) is 4.80. The van der Waals surface area contributed by atoms with Crippen molar-refractivity contribution < 1.29 is 14.3 Å². The van der Waals surface area contributed by atoms with E-state index in [0.717, 1.165) is 12.0 Å². The number of hydrogen-bond donors (Lipinski definition) is 1. The summed E-state index contributed by atoms with van der Waals surface area (Å²) in [5, 5.41) is 3.38. The Bertz CT molecular complexity index is 704. The first-order valence-electron chi connectivity index (χ1n) is 8.81. The molecule has 2 aromatic rings. The van der Waals surface area contributed by atoms with E-state index in [2.05, 4.69) is 22.4 Å². The van der Waals surface area contributed by atoms with Crippen molar-refractivity contribution in [3.63, 3.8) is 0 Å². The number of carbonyl (C=O) groups excluding carboxylic acids is 1. The molecule has 0 radical (unpaired) electrons. The SMILES string of the molecule is CN(C)C(=O)c1ccc(N[C@@H]2COCC[C@@H]2OCc2ccccc2)nc1. The van der Waals surface area contributed by atoms with Crippen LogP contribution in [0.2, 0.25) is 0 Å². The second kappa shape index (κ2) is 8.78. The number of amides is 1. The number of nitrogens with one attached hydrogen (secondary N) is 1. The molecule has 6 heteroatoms. The lowest BCUT2D eigenvalue weighted by molar-refractivity contribution is -0.0478. The first-order valence-corrected chi connectivity index (χ1v) is 8.81. The normalized spacial score (nSPS) is 19.8. The summed E-state index contributed by atoms with van der Waals surface area (Å²) in [6.45, 7) is 1.84. The molecule has 1 N–H and O–H groups in total. The second-order valence-corrected chi connectivity index (χ2v) is 6.58. The van der Waals surface area contributed by atoms with Crippen molar-refractivity contribution in [2.75, 3.05) is 32.6 Å². The van der Waals surface area contributed by atoms with Crippen LogP contribution in [0.3, 0.4) is 0 Å². The van der Waals surface area contributed by atoms with Gasteiger partial charge in [-0.2, -0.15) is 0 Å². The molecule has 1 aliphatic heterocycles. The number of hydrogen-bond acceptors (Lipinski definition) is 5. The van der Waals surface area contributed by atoms with E-state index in [-0.39, 0.29) is 18.1 Å². The molecule has 1 saturated heterocycles. The average molecular weight is 355 g/mol. The zero-order chi connectivity index (χ0) is 18.4. The van der Waals surface area contributed by atoms with Crippen LogP contribution in [0.15, 0.2) is 48.7 Å². The molecular weight excluding hydrogens is 330 g/mol. The summed E-state index contributed by atoms with van der Waals surface area (Å²) in [5.74, 6) is 0.651. The lowest BCUT2D eigenvalue weighted by atomic mass is 10.1. The molecule has 1 aliphatic rings. The fourth-order valence-electron chi connectivity index (χ4n) is 2.88. The molecule has 3 rings (SSSR count). The Kier molecular flexibility index (Phi) is 6.20. The van der Waals surface area contributed by atoms with E-state index in [1.807, 2.05) is 24.3 Å². The van der Waals surface area contributed by atoms with Crippen LogP contribution >= 0.6 is 0 Å². The standard InChI is InChI=1S/C20H25N3O3/c1-23(2)20(24)16-8-9-19(21-12-16)22-17-14-25-11-10-18(17)26-13-15-6-4-3-5-7-15/h3-9,12,17-18H,10-11,13-14H2,1-2H3,(H,21,22)/t17-,18+/m1/s1. The molecule has 0 unspecified atom stereocenters. The van der Waals surface area contributed by atoms with Gasteiger partial charge in [0.1, 0.15) is 5.82 Å². The number of aromatic nitrogens is 1. The van der Waals surface area contributed by atoms with Crippen molar-refractivity contribution in [2.45, 2.75) is 25.2 Å². The molecule has 138 valence electrons. The minimum absolute atomic E-state index is 0.0235. The Morgan fingerprint density at radius 3 is 2.77 bits per heavy atom. The highest BCUT2D eigenvalue weighted by Gasteiger charge is 2.27. The summed E-state index contributed by atoms with van der Waals surface area (Å²) in [6, 6.07) is 13.8. The van der Waals surface area contributed by atoms with E-state index < -0.39 is 0 Å². The molecule has 1 aromatic heterocycles. The van der Waals surface area contributed by atoms with Crippen LogP contribution in [0.4, 0.5) is 5.82 Å². The van der Waals surface area contributed by atoms with Gasteiger partial charge in [-0.1, -0.05) is 30.3 Å². The van der Waals surface area contributed by atoms with Gasteiger partial charge in [0.15, 0.2) is 0 Å². The second-order valence-electron chi connectivity index (χ2n) is 6.58. The predicted molar refractivity (Wildman–Crippen MR) is 100 cm³/mol. The molecule has 2 atom stereocenters. The van der Waals surface area contributed by atoms with Crippen LogP contribution < -0.4 is 5.32 Å². The largest absolute Gasteiger partial charge is 0.379 e. The topological polar surface area (TPSA) is 63.7 Å². The van der Waals surface area contributed by atoms with Gasteiger partial charge in [0.05, 0.1) is 30.9 Å². The first kappa shape index (κ1) is 18.4. The van der Waals surface area contributed by atoms with E-state index >= 15 is 0 Å². The van der Waals surface area contributed by atoms with Crippen molar-refractivity contribution in [3.8, 4) is 0 Å². The van der Waals surface area contributed by atoms with Crippen molar-refractivity contribution in [3.05, 3.63) is 59.8 Å². The summed E-state index contributed by atoms with van der Waals surface area (Å²) >= 11 is 0. The van der Waals surface area contributed by atoms with Crippen LogP contribution in [0.1, 0.15) is 22.3 Å². The number of nitrogens with zero attached hydrogens (tertiary/aromatic N) is 2. The molecule has 0 saturated carbocycles. The van der Waals surface area contributed by atoms with Gasteiger partial charge in [-0.05, 0) is 24.1 Å². The lowest BCUT2D eigenvalue weighted by Gasteiger charge is -2.32. The van der Waals surface area contributed by atoms with Crippen LogP contribution in [-0.4, -0.2) is 55.2 Å². The number of anilines is 1. The highest BCUT2D eigenvalue weighted by Crippen LogP contribution is 2.18. The summed E-state index contributed by atoms with van der Waals surface area (Å²) < 4.78 is 11.7. The quantitative estimate of drug-likeness (QED) is 0.863. The summed E-state index contributed by atoms with van der Waals surface area (Å²) in [5.41, 5.74) is 1.72. The van der Waals surface area contributed by atoms with Gasteiger partial charge >= 0.3 is 0 Å². The predicted octanol–water partition coefficient (Wildman–Crippen LogP) is 2.57. The Balaban J connectivity index is 1.60. The van der Waals surface area contributed by atoms with Gasteiger partial charge in [-0.15, -0.1) is 0 Å². The molecule has 6 nitrogen and oxygen atoms in total. The van der Waals surface area contributed by atoms with Gasteiger partial charge in [-0.3, -0.25) is 4.79 Å². The molecule has 26 heavy (non-hydrogen) atoms. The maximum atomic E-state index is 11.9. The first-order chi connectivity index (χ1) is 12.6. The number of ether oxygens (including phenoxy) is 2. The fraction of sp³-hybridized carbons (Fsp3) is 0.400. The monoisotopic (exact) mass is 355 g/mol. The van der Waals surface area contributed by atoms with Crippen molar-refractivity contribution >= 4 is 11.7 Å². The van der Waals surface area contributed by atoms with Crippen molar-refractivity contribution in [1.29, 1.82) is 0 Å². The Morgan fingerprint density at radius 2 is 2.08 bits per heavy atom. The summed E-state index contributed by atoms with van der Waals surface area (Å²) in [4.78, 5) is 17.8. The summed E-state index contributed by atoms with van der Waals surface area (Å²) in [7, 11) is 3.45. The maximum absolute atomic E-state index is 11.9. The Hall–Kier alpha value is -2.44. The molecule has 0 spiro atoms. The zero-order valence-corrected chi connectivity index (χ0v) is 15.2. The maximum Gasteiger partial charge on any atom is 0.254 e. The average Bonchev–Trinajstić information content (AvgIpc) is 2.68. The third-order valence-electron chi connectivity index (χ3n) is 4.35. The van der Waals surface area contributed by atoms with Crippen LogP contribution in [-0.2, 0) is 16.1 Å². The highest BCUT2D eigenvalue weighted by atomic mass is 16.5. The number of pyridine rings is 1. The van der Waals surface area contributed by atoms with Crippen molar-refractivity contribution in [2.24, 2.45) is 0 Å². The van der Waals surface area contributed by atoms with Crippen LogP contribution in [0, 0.1) is 0 Å². The smallest absolute Gasteiger partial charge is 0.254 e. The van der Waals surface area contributed by atoms with Gasteiger partial charge in [-0.25, -0.2) is 4.98 Å². The number of carbonyl (C=O) groups is 1. The van der Waals surface area contributed by atoms with Crippen LogP contribution in [0.25, 0.3) is 0 Å². The van der Waals surface area contributed by atoms with E-state index in [9.17, 15) is 4.79 Å². The third-order valence-corrected chi connectivity index (χ3v) is 4.35. The number of benzene rings is 1. The van der Waals surface area contributed by atoms with Gasteiger partial charge < -0.3 is 19.7 Å². The van der Waals surface area contributed by atoms with Gasteiger partial charge in [0.2, 0.25) is 0 Å². The fourth-order valence-corrected chi connectivity index (χ4v) is 2.88. The highest BCUT2D eigenvalue weighted by molar-refractivity contribution is 5.93. The van der Waals surface area contributed by atoms with E-state index in [1.165, 1.54) is 4.90 Å². The minimum atomic E-state index is -0.0610. The number of rotatable bonds is 6. The Morgan fingerprint density at radius 1 is 1.27 bits per heavy atom. The van der Waals surface area contributed by atoms with Crippen LogP contribution in [0.5, 0.6) is 0 Å². The molecular formula is C20H25N3O3. The van der Waals surface area contributed by atoms with Crippen molar-refractivity contribution in [1.82, 2.24) is 9.88 Å². The molecule has 1 aromatic carbocycles. The molecule has 1 fully saturated rings. The molecule has 2 heterocycles.